The van der Waals surface area contributed by atoms with Gasteiger partial charge in [0.2, 0.25) is 15.9 Å². The summed E-state index contributed by atoms with van der Waals surface area (Å²) in [6.45, 7) is 2.90. The Bertz CT molecular complexity index is 932. The highest BCUT2D eigenvalue weighted by atomic mass is 32.2. The Kier molecular flexibility index (Phi) is 7.04. The van der Waals surface area contributed by atoms with Gasteiger partial charge in [-0.2, -0.15) is 4.31 Å². The van der Waals surface area contributed by atoms with Crippen LogP contribution in [0, 0.1) is 0 Å². The molecule has 1 fully saturated rings. The van der Waals surface area contributed by atoms with Crippen molar-refractivity contribution in [2.24, 2.45) is 5.73 Å². The van der Waals surface area contributed by atoms with Gasteiger partial charge in [-0.3, -0.25) is 4.79 Å². The quantitative estimate of drug-likeness (QED) is 0.477. The number of hydrogen-bond donors (Lipinski definition) is 3. The number of amides is 1. The standard InChI is InChI=1S/C16H25N3O7S2/c1-3-26-15-5-4-12(18-11(2)20)8-16(15)28(24,25)19(7-6-17)13-9-27(22,23)10-14(13)21/h4-5,8,13-14,21H,3,6-7,9-10,17H2,1-2H3,(H,18,20). The Labute approximate surface area is 164 Å². The van der Waals surface area contributed by atoms with Crippen molar-refractivity contribution in [3.63, 3.8) is 0 Å². The van der Waals surface area contributed by atoms with Crippen molar-refractivity contribution in [2.45, 2.75) is 30.9 Å². The molecule has 1 aliphatic heterocycles. The molecule has 1 amide bonds. The summed E-state index contributed by atoms with van der Waals surface area (Å²) in [5.41, 5.74) is 5.79. The van der Waals surface area contributed by atoms with Gasteiger partial charge in [0.05, 0.1) is 30.3 Å². The zero-order chi connectivity index (χ0) is 21.1. The van der Waals surface area contributed by atoms with Crippen molar-refractivity contribution in [3.8, 4) is 5.75 Å². The molecule has 12 heteroatoms. The normalized spacial score (nSPS) is 21.6. The van der Waals surface area contributed by atoms with E-state index in [0.29, 0.717) is 0 Å². The van der Waals surface area contributed by atoms with Gasteiger partial charge in [0.1, 0.15) is 10.6 Å². The van der Waals surface area contributed by atoms with Crippen LogP contribution in [0.15, 0.2) is 23.1 Å². The van der Waals surface area contributed by atoms with E-state index < -0.39 is 43.5 Å². The van der Waals surface area contributed by atoms with E-state index in [9.17, 15) is 26.7 Å². The molecule has 1 aliphatic rings. The molecule has 0 aromatic heterocycles. The zero-order valence-corrected chi connectivity index (χ0v) is 17.3. The Hall–Kier alpha value is -1.73. The molecular weight excluding hydrogens is 410 g/mol. The molecular formula is C16H25N3O7S2. The minimum absolute atomic E-state index is 0.0500. The fourth-order valence-corrected chi connectivity index (χ4v) is 6.79. The highest BCUT2D eigenvalue weighted by Crippen LogP contribution is 2.33. The predicted octanol–water partition coefficient (Wildman–Crippen LogP) is -0.849. The third-order valence-electron chi connectivity index (χ3n) is 4.16. The van der Waals surface area contributed by atoms with Crippen molar-refractivity contribution in [1.82, 2.24) is 4.31 Å². The van der Waals surface area contributed by atoms with E-state index in [1.807, 2.05) is 0 Å². The Morgan fingerprint density at radius 2 is 2.07 bits per heavy atom. The molecule has 28 heavy (non-hydrogen) atoms. The van der Waals surface area contributed by atoms with Gasteiger partial charge in [0.15, 0.2) is 9.84 Å². The second kappa shape index (κ2) is 8.74. The lowest BCUT2D eigenvalue weighted by Gasteiger charge is -2.29. The van der Waals surface area contributed by atoms with E-state index in [-0.39, 0.29) is 41.9 Å². The lowest BCUT2D eigenvalue weighted by molar-refractivity contribution is -0.114. The van der Waals surface area contributed by atoms with E-state index in [1.165, 1.54) is 25.1 Å². The Balaban J connectivity index is 2.56. The number of nitrogens with zero attached hydrogens (tertiary/aromatic N) is 1. The van der Waals surface area contributed by atoms with E-state index in [1.54, 1.807) is 6.92 Å². The van der Waals surface area contributed by atoms with Crippen LogP contribution in [0.4, 0.5) is 5.69 Å². The fourth-order valence-electron chi connectivity index (χ4n) is 3.07. The number of anilines is 1. The van der Waals surface area contributed by atoms with Gasteiger partial charge in [0.25, 0.3) is 0 Å². The van der Waals surface area contributed by atoms with E-state index in [4.69, 9.17) is 10.5 Å². The largest absolute Gasteiger partial charge is 0.492 e. The molecule has 1 heterocycles. The molecule has 0 radical (unpaired) electrons. The average Bonchev–Trinajstić information content (AvgIpc) is 2.85. The molecule has 0 saturated carbocycles. The molecule has 1 aromatic rings. The third kappa shape index (κ3) is 5.00. The number of benzene rings is 1. The van der Waals surface area contributed by atoms with Crippen LogP contribution >= 0.6 is 0 Å². The van der Waals surface area contributed by atoms with Gasteiger partial charge >= 0.3 is 0 Å². The van der Waals surface area contributed by atoms with Crippen LogP contribution in [0.2, 0.25) is 0 Å². The molecule has 4 N–H and O–H groups in total. The topological polar surface area (TPSA) is 156 Å². The lowest BCUT2D eigenvalue weighted by Crippen LogP contribution is -2.48. The van der Waals surface area contributed by atoms with Gasteiger partial charge < -0.3 is 20.9 Å². The number of carbonyl (C=O) groups excluding carboxylic acids is 1. The number of aliphatic hydroxyl groups excluding tert-OH is 1. The summed E-state index contributed by atoms with van der Waals surface area (Å²) in [7, 11) is -7.87. The van der Waals surface area contributed by atoms with Gasteiger partial charge in [-0.05, 0) is 25.1 Å². The van der Waals surface area contributed by atoms with Crippen LogP contribution in [0.5, 0.6) is 5.75 Å². The van der Waals surface area contributed by atoms with Crippen LogP contribution in [0.1, 0.15) is 13.8 Å². The number of nitrogens with one attached hydrogen (secondary N) is 1. The number of sulfonamides is 1. The summed E-state index contributed by atoms with van der Waals surface area (Å²) in [5, 5.41) is 12.7. The zero-order valence-electron chi connectivity index (χ0n) is 15.7. The fraction of sp³-hybridized carbons (Fsp3) is 0.562. The number of sulfone groups is 1. The molecule has 10 nitrogen and oxygen atoms in total. The number of ether oxygens (including phenoxy) is 1. The van der Waals surface area contributed by atoms with Gasteiger partial charge in [0, 0.05) is 25.7 Å². The summed E-state index contributed by atoms with van der Waals surface area (Å²) in [5.74, 6) is -1.35. The van der Waals surface area contributed by atoms with Gasteiger partial charge in [-0.25, -0.2) is 16.8 Å². The smallest absolute Gasteiger partial charge is 0.247 e. The maximum absolute atomic E-state index is 13.4. The Morgan fingerprint density at radius 1 is 1.39 bits per heavy atom. The Morgan fingerprint density at radius 3 is 2.57 bits per heavy atom. The molecule has 158 valence electrons. The highest BCUT2D eigenvalue weighted by Gasteiger charge is 2.45. The van der Waals surface area contributed by atoms with Crippen molar-refractivity contribution in [1.29, 1.82) is 0 Å². The first-order valence-electron chi connectivity index (χ1n) is 8.66. The van der Waals surface area contributed by atoms with Crippen LogP contribution in [-0.2, 0) is 24.7 Å². The molecule has 0 aliphatic carbocycles. The van der Waals surface area contributed by atoms with E-state index in [2.05, 4.69) is 5.32 Å². The molecule has 2 unspecified atom stereocenters. The molecule has 1 aromatic carbocycles. The third-order valence-corrected chi connectivity index (χ3v) is 7.81. The number of hydrogen-bond acceptors (Lipinski definition) is 8. The molecule has 0 bridgehead atoms. The average molecular weight is 436 g/mol. The highest BCUT2D eigenvalue weighted by molar-refractivity contribution is 7.92. The number of aliphatic hydroxyl groups is 1. The second-order valence-corrected chi connectivity index (χ2v) is 10.4. The lowest BCUT2D eigenvalue weighted by atomic mass is 10.2. The van der Waals surface area contributed by atoms with Crippen LogP contribution in [0.25, 0.3) is 0 Å². The molecule has 1 saturated heterocycles. The van der Waals surface area contributed by atoms with Gasteiger partial charge in [-0.1, -0.05) is 0 Å². The van der Waals surface area contributed by atoms with E-state index >= 15 is 0 Å². The first kappa shape index (κ1) is 22.6. The summed E-state index contributed by atoms with van der Waals surface area (Å²) in [6, 6.07) is 2.98. The van der Waals surface area contributed by atoms with Crippen molar-refractivity contribution in [2.75, 3.05) is 36.5 Å². The van der Waals surface area contributed by atoms with E-state index in [0.717, 1.165) is 4.31 Å². The summed E-state index contributed by atoms with van der Waals surface area (Å²) in [4.78, 5) is 11.1. The van der Waals surface area contributed by atoms with Crippen molar-refractivity contribution >= 4 is 31.5 Å². The summed E-state index contributed by atoms with van der Waals surface area (Å²) >= 11 is 0. The maximum Gasteiger partial charge on any atom is 0.247 e. The molecule has 2 rings (SSSR count). The SMILES string of the molecule is CCOc1ccc(NC(C)=O)cc1S(=O)(=O)N(CCN)C1CS(=O)(=O)CC1O. The van der Waals surface area contributed by atoms with Crippen LogP contribution < -0.4 is 15.8 Å². The second-order valence-electron chi connectivity index (χ2n) is 6.39. The first-order chi connectivity index (χ1) is 13.0. The van der Waals surface area contributed by atoms with Gasteiger partial charge in [-0.15, -0.1) is 0 Å². The summed E-state index contributed by atoms with van der Waals surface area (Å²) in [6.07, 6.45) is -1.36. The minimum Gasteiger partial charge on any atom is -0.492 e. The summed E-state index contributed by atoms with van der Waals surface area (Å²) < 4.78 is 56.8. The maximum atomic E-state index is 13.4. The van der Waals surface area contributed by atoms with Crippen LogP contribution in [0.3, 0.4) is 0 Å². The van der Waals surface area contributed by atoms with Crippen LogP contribution in [-0.4, -0.2) is 75.5 Å². The number of rotatable bonds is 8. The van der Waals surface area contributed by atoms with Crippen molar-refractivity contribution in [3.05, 3.63) is 18.2 Å². The molecule has 2 atom stereocenters. The monoisotopic (exact) mass is 435 g/mol. The first-order valence-corrected chi connectivity index (χ1v) is 11.9. The number of carbonyl (C=O) groups is 1. The predicted molar refractivity (Wildman–Crippen MR) is 103 cm³/mol. The number of nitrogens with two attached hydrogens (primary N) is 1. The minimum atomic E-state index is -4.29. The van der Waals surface area contributed by atoms with Crippen molar-refractivity contribution < 1.29 is 31.5 Å². The molecule has 0 spiro atoms.